The molecule has 2 aromatic rings. The van der Waals surface area contributed by atoms with E-state index in [2.05, 4.69) is 15.2 Å². The minimum absolute atomic E-state index is 0.00943. The summed E-state index contributed by atoms with van der Waals surface area (Å²) in [7, 11) is 0. The first-order chi connectivity index (χ1) is 14.5. The van der Waals surface area contributed by atoms with Crippen molar-refractivity contribution >= 4 is 23.7 Å². The fourth-order valence-electron chi connectivity index (χ4n) is 3.87. The Morgan fingerprint density at radius 2 is 1.97 bits per heavy atom. The number of benzene rings is 1. The first kappa shape index (κ1) is 20.0. The summed E-state index contributed by atoms with van der Waals surface area (Å²) in [5, 5.41) is 2.67. The molecule has 0 spiro atoms. The maximum absolute atomic E-state index is 12.4. The number of amides is 2. The Labute approximate surface area is 175 Å². The molecule has 1 fully saturated rings. The highest BCUT2D eigenvalue weighted by Crippen LogP contribution is 2.32. The van der Waals surface area contributed by atoms with Gasteiger partial charge in [-0.1, -0.05) is 18.2 Å². The Morgan fingerprint density at radius 3 is 2.67 bits per heavy atom. The van der Waals surface area contributed by atoms with Gasteiger partial charge in [0.15, 0.2) is 5.75 Å². The first-order valence-corrected chi connectivity index (χ1v) is 10.2. The van der Waals surface area contributed by atoms with Crippen molar-refractivity contribution < 1.29 is 19.1 Å². The molecule has 2 aliphatic rings. The number of rotatable bonds is 4. The predicted octanol–water partition coefficient (Wildman–Crippen LogP) is 3.70. The topological polar surface area (TPSA) is 84.0 Å². The van der Waals surface area contributed by atoms with Crippen LogP contribution in [0.1, 0.15) is 32.3 Å². The fraction of sp³-hybridized carbons (Fsp3) is 0.409. The Kier molecular flexibility index (Phi) is 5.74. The van der Waals surface area contributed by atoms with E-state index in [1.54, 1.807) is 17.2 Å². The molecule has 1 aromatic heterocycles. The van der Waals surface area contributed by atoms with Crippen LogP contribution in [0.2, 0.25) is 0 Å². The summed E-state index contributed by atoms with van der Waals surface area (Å²) in [5.74, 6) is 1.23. The van der Waals surface area contributed by atoms with Crippen LogP contribution in [0.5, 0.6) is 5.75 Å². The van der Waals surface area contributed by atoms with E-state index in [1.807, 2.05) is 44.2 Å². The predicted molar refractivity (Wildman–Crippen MR) is 113 cm³/mol. The second kappa shape index (κ2) is 8.61. The van der Waals surface area contributed by atoms with Gasteiger partial charge in [0.05, 0.1) is 11.9 Å². The third-order valence-corrected chi connectivity index (χ3v) is 5.29. The van der Waals surface area contributed by atoms with Gasteiger partial charge in [-0.05, 0) is 44.9 Å². The van der Waals surface area contributed by atoms with Gasteiger partial charge in [0.25, 0.3) is 0 Å². The zero-order chi connectivity index (χ0) is 21.1. The van der Waals surface area contributed by atoms with Crippen LogP contribution in [0.25, 0.3) is 0 Å². The molecule has 2 amide bonds. The molecule has 0 atom stereocenters. The molecule has 4 rings (SSSR count). The number of fused-ring (bicyclic) bond motifs is 1. The van der Waals surface area contributed by atoms with Crippen molar-refractivity contribution in [2.45, 2.75) is 45.4 Å². The lowest BCUT2D eigenvalue weighted by atomic mass is 10.0. The zero-order valence-electron chi connectivity index (χ0n) is 17.2. The van der Waals surface area contributed by atoms with Crippen molar-refractivity contribution in [2.75, 3.05) is 22.9 Å². The summed E-state index contributed by atoms with van der Waals surface area (Å²) in [6.07, 6.45) is 2.43. The number of pyridine rings is 1. The normalized spacial score (nSPS) is 16.8. The molecule has 1 saturated heterocycles. The molecule has 3 heterocycles. The van der Waals surface area contributed by atoms with E-state index in [-0.39, 0.29) is 18.2 Å². The number of nitrogens with one attached hydrogen (secondary N) is 1. The van der Waals surface area contributed by atoms with Crippen molar-refractivity contribution in [1.82, 2.24) is 10.3 Å². The molecule has 8 heteroatoms. The fourth-order valence-corrected chi connectivity index (χ4v) is 3.87. The minimum Gasteiger partial charge on any atom is -0.444 e. The van der Waals surface area contributed by atoms with Crippen LogP contribution in [0.3, 0.4) is 0 Å². The van der Waals surface area contributed by atoms with Crippen LogP contribution in [0.15, 0.2) is 42.6 Å². The van der Waals surface area contributed by atoms with E-state index in [9.17, 15) is 9.59 Å². The van der Waals surface area contributed by atoms with Crippen molar-refractivity contribution in [3.63, 3.8) is 0 Å². The third-order valence-electron chi connectivity index (χ3n) is 5.29. The lowest BCUT2D eigenvalue weighted by Gasteiger charge is -2.40. The molecule has 8 nitrogen and oxygen atoms in total. The molecule has 0 aliphatic carbocycles. The first-order valence-electron chi connectivity index (χ1n) is 10.2. The molecule has 0 unspecified atom stereocenters. The van der Waals surface area contributed by atoms with Crippen LogP contribution in [0.4, 0.5) is 21.1 Å². The molecular weight excluding hydrogens is 384 g/mol. The van der Waals surface area contributed by atoms with E-state index >= 15 is 0 Å². The molecule has 1 N–H and O–H groups in total. The molecule has 0 bridgehead atoms. The number of carbonyl (C=O) groups is 2. The Balaban J connectivity index is 1.37. The van der Waals surface area contributed by atoms with E-state index in [4.69, 9.17) is 9.47 Å². The van der Waals surface area contributed by atoms with Crippen LogP contribution < -0.4 is 19.9 Å². The number of piperidine rings is 1. The number of nitrogens with zero attached hydrogens (tertiary/aromatic N) is 3. The highest BCUT2D eigenvalue weighted by atomic mass is 16.6. The molecule has 30 heavy (non-hydrogen) atoms. The second-order valence-corrected chi connectivity index (χ2v) is 7.81. The van der Waals surface area contributed by atoms with Gasteiger partial charge in [-0.3, -0.25) is 4.90 Å². The lowest BCUT2D eigenvalue weighted by molar-refractivity contribution is 0.137. The molecular formula is C22H26N4O4. The van der Waals surface area contributed by atoms with Crippen molar-refractivity contribution in [3.05, 3.63) is 48.2 Å². The summed E-state index contributed by atoms with van der Waals surface area (Å²) in [6, 6.07) is 11.6. The van der Waals surface area contributed by atoms with Gasteiger partial charge in [0.1, 0.15) is 12.4 Å². The monoisotopic (exact) mass is 410 g/mol. The standard InChI is InChI=1S/C22H26N4O4/c1-15(2)24-21(27)30-18-7-8-20(23-13-18)25-11-9-17(10-12-25)26-19-6-4-3-5-16(19)14-29-22(26)28/h3-8,13,15,17H,9-12,14H2,1-2H3,(H,24,27). The molecule has 1 aromatic carbocycles. The highest BCUT2D eigenvalue weighted by Gasteiger charge is 2.34. The summed E-state index contributed by atoms with van der Waals surface area (Å²) in [6.45, 7) is 5.62. The summed E-state index contributed by atoms with van der Waals surface area (Å²) < 4.78 is 10.6. The van der Waals surface area contributed by atoms with E-state index in [1.165, 1.54) is 0 Å². The van der Waals surface area contributed by atoms with Gasteiger partial charge in [-0.2, -0.15) is 0 Å². The van der Waals surface area contributed by atoms with Gasteiger partial charge in [0, 0.05) is 30.7 Å². The Hall–Kier alpha value is -3.29. The molecule has 0 saturated carbocycles. The average Bonchev–Trinajstić information content (AvgIpc) is 2.74. The van der Waals surface area contributed by atoms with E-state index < -0.39 is 6.09 Å². The van der Waals surface area contributed by atoms with E-state index in [0.29, 0.717) is 12.4 Å². The number of carbonyl (C=O) groups excluding carboxylic acids is 2. The second-order valence-electron chi connectivity index (χ2n) is 7.81. The molecule has 2 aliphatic heterocycles. The third kappa shape index (κ3) is 4.32. The number of cyclic esters (lactones) is 1. The summed E-state index contributed by atoms with van der Waals surface area (Å²) in [4.78, 5) is 32.5. The van der Waals surface area contributed by atoms with Crippen molar-refractivity contribution in [3.8, 4) is 5.75 Å². The van der Waals surface area contributed by atoms with Crippen LogP contribution >= 0.6 is 0 Å². The Bertz CT molecular complexity index is 908. The summed E-state index contributed by atoms with van der Waals surface area (Å²) in [5.41, 5.74) is 1.99. The Morgan fingerprint density at radius 1 is 1.20 bits per heavy atom. The highest BCUT2D eigenvalue weighted by molar-refractivity contribution is 5.91. The maximum Gasteiger partial charge on any atom is 0.414 e. The van der Waals surface area contributed by atoms with Gasteiger partial charge >= 0.3 is 12.2 Å². The quantitative estimate of drug-likeness (QED) is 0.827. The molecule has 0 radical (unpaired) electrons. The number of para-hydroxylation sites is 1. The maximum atomic E-state index is 12.4. The van der Waals surface area contributed by atoms with Crippen molar-refractivity contribution in [2.24, 2.45) is 0 Å². The zero-order valence-corrected chi connectivity index (χ0v) is 17.2. The van der Waals surface area contributed by atoms with Gasteiger partial charge in [-0.25, -0.2) is 14.6 Å². The van der Waals surface area contributed by atoms with Crippen LogP contribution in [0, 0.1) is 0 Å². The molecule has 158 valence electrons. The van der Waals surface area contributed by atoms with Gasteiger partial charge in [0.2, 0.25) is 0 Å². The SMILES string of the molecule is CC(C)NC(=O)Oc1ccc(N2CCC(N3C(=O)OCc4ccccc43)CC2)nc1. The van der Waals surface area contributed by atoms with E-state index in [0.717, 1.165) is 43.0 Å². The summed E-state index contributed by atoms with van der Waals surface area (Å²) >= 11 is 0. The minimum atomic E-state index is -0.492. The number of ether oxygens (including phenoxy) is 2. The number of aromatic nitrogens is 1. The number of hydrogen-bond acceptors (Lipinski definition) is 6. The van der Waals surface area contributed by atoms with Gasteiger partial charge < -0.3 is 19.7 Å². The largest absolute Gasteiger partial charge is 0.444 e. The average molecular weight is 410 g/mol. The van der Waals surface area contributed by atoms with Crippen molar-refractivity contribution in [1.29, 1.82) is 0 Å². The smallest absolute Gasteiger partial charge is 0.414 e. The number of anilines is 2. The lowest BCUT2D eigenvalue weighted by Crippen LogP contribution is -2.49. The number of hydrogen-bond donors (Lipinski definition) is 1. The van der Waals surface area contributed by atoms with Crippen LogP contribution in [-0.4, -0.2) is 42.3 Å². The van der Waals surface area contributed by atoms with Gasteiger partial charge in [-0.15, -0.1) is 0 Å². The van der Waals surface area contributed by atoms with Crippen LogP contribution in [-0.2, 0) is 11.3 Å².